The Morgan fingerprint density at radius 2 is 1.92 bits per heavy atom. The van der Waals surface area contributed by atoms with Crippen LogP contribution in [0.3, 0.4) is 0 Å². The molecular weight excluding hydrogens is 166 g/mol. The number of hydrogen-bond acceptors (Lipinski definition) is 3. The quantitative estimate of drug-likeness (QED) is 0.449. The average Bonchev–Trinajstić information content (AvgIpc) is 2.08. The summed E-state index contributed by atoms with van der Waals surface area (Å²) >= 11 is 0. The van der Waals surface area contributed by atoms with Crippen LogP contribution in [0.5, 0.6) is 0 Å². The van der Waals surface area contributed by atoms with E-state index in [2.05, 4.69) is 6.58 Å². The lowest BCUT2D eigenvalue weighted by atomic mass is 10.0. The maximum Gasteiger partial charge on any atom is 0.248 e. The first-order valence-corrected chi connectivity index (χ1v) is 3.66. The van der Waals surface area contributed by atoms with E-state index in [9.17, 15) is 4.79 Å². The first-order valence-electron chi connectivity index (χ1n) is 3.66. The van der Waals surface area contributed by atoms with E-state index in [1.54, 1.807) is 18.2 Å². The lowest BCUT2D eigenvalue weighted by Gasteiger charge is -2.06. The fourth-order valence-corrected chi connectivity index (χ4v) is 0.968. The van der Waals surface area contributed by atoms with Crippen LogP contribution >= 0.6 is 0 Å². The molecule has 13 heavy (non-hydrogen) atoms. The number of rotatable bonds is 2. The molecule has 0 atom stereocenters. The predicted molar refractivity (Wildman–Crippen MR) is 53.5 cm³/mol. The normalized spacial score (nSPS) is 9.54. The molecule has 0 aromatic heterocycles. The largest absolute Gasteiger partial charge is 0.399 e. The van der Waals surface area contributed by atoms with Crippen molar-refractivity contribution in [3.63, 3.8) is 0 Å². The van der Waals surface area contributed by atoms with E-state index in [-0.39, 0.29) is 5.57 Å². The molecule has 0 spiro atoms. The molecule has 0 bridgehead atoms. The predicted octanol–water partition coefficient (Wildman–Crippen LogP) is 0.349. The topological polar surface area (TPSA) is 95.1 Å². The molecule has 0 aliphatic carbocycles. The van der Waals surface area contributed by atoms with Crippen LogP contribution in [-0.2, 0) is 4.79 Å². The van der Waals surface area contributed by atoms with Crippen molar-refractivity contribution in [1.82, 2.24) is 0 Å². The molecule has 0 unspecified atom stereocenters. The van der Waals surface area contributed by atoms with Gasteiger partial charge in [0.1, 0.15) is 0 Å². The van der Waals surface area contributed by atoms with Crippen molar-refractivity contribution >= 4 is 22.9 Å². The summed E-state index contributed by atoms with van der Waals surface area (Å²) in [5, 5.41) is 0. The van der Waals surface area contributed by atoms with Crippen LogP contribution in [0.15, 0.2) is 24.8 Å². The average molecular weight is 177 g/mol. The number of primary amides is 1. The first kappa shape index (κ1) is 9.12. The Bertz CT molecular complexity index is 371. The lowest BCUT2D eigenvalue weighted by molar-refractivity contribution is -0.112. The minimum atomic E-state index is -0.600. The molecule has 0 saturated heterocycles. The summed E-state index contributed by atoms with van der Waals surface area (Å²) in [5.74, 6) is -0.600. The summed E-state index contributed by atoms with van der Waals surface area (Å²) in [4.78, 5) is 10.8. The second kappa shape index (κ2) is 3.18. The van der Waals surface area contributed by atoms with Crippen molar-refractivity contribution < 1.29 is 4.79 Å². The van der Waals surface area contributed by atoms with E-state index >= 15 is 0 Å². The van der Waals surface area contributed by atoms with Gasteiger partial charge in [-0.25, -0.2) is 0 Å². The van der Waals surface area contributed by atoms with Crippen molar-refractivity contribution in [2.75, 3.05) is 11.5 Å². The van der Waals surface area contributed by atoms with Gasteiger partial charge in [-0.15, -0.1) is 0 Å². The molecule has 0 aliphatic rings. The zero-order valence-electron chi connectivity index (χ0n) is 7.08. The Hall–Kier alpha value is -1.97. The zero-order valence-corrected chi connectivity index (χ0v) is 7.08. The fourth-order valence-electron chi connectivity index (χ4n) is 0.968. The van der Waals surface area contributed by atoms with Crippen LogP contribution < -0.4 is 17.2 Å². The summed E-state index contributed by atoms with van der Waals surface area (Å²) in [6, 6.07) is 4.83. The van der Waals surface area contributed by atoms with Gasteiger partial charge < -0.3 is 17.2 Å². The van der Waals surface area contributed by atoms with Crippen molar-refractivity contribution in [3.8, 4) is 0 Å². The SMILES string of the molecule is C=C(C(N)=O)c1cc(N)ccc1N. The van der Waals surface area contributed by atoms with Gasteiger partial charge in [-0.1, -0.05) is 6.58 Å². The van der Waals surface area contributed by atoms with Gasteiger partial charge >= 0.3 is 0 Å². The molecule has 0 fully saturated rings. The summed E-state index contributed by atoms with van der Waals surface area (Å²) in [6.07, 6.45) is 0. The maximum atomic E-state index is 10.8. The smallest absolute Gasteiger partial charge is 0.248 e. The van der Waals surface area contributed by atoms with Crippen LogP contribution in [-0.4, -0.2) is 5.91 Å². The molecule has 1 rings (SSSR count). The molecule has 6 N–H and O–H groups in total. The van der Waals surface area contributed by atoms with E-state index in [4.69, 9.17) is 17.2 Å². The Balaban J connectivity index is 3.21. The molecule has 4 nitrogen and oxygen atoms in total. The first-order chi connectivity index (χ1) is 6.02. The van der Waals surface area contributed by atoms with Crippen LogP contribution in [0.4, 0.5) is 11.4 Å². The van der Waals surface area contributed by atoms with Crippen LogP contribution in [0.2, 0.25) is 0 Å². The summed E-state index contributed by atoms with van der Waals surface area (Å²) in [5.41, 5.74) is 17.8. The molecule has 1 aromatic rings. The Morgan fingerprint density at radius 1 is 1.31 bits per heavy atom. The fraction of sp³-hybridized carbons (Fsp3) is 0. The van der Waals surface area contributed by atoms with Crippen molar-refractivity contribution in [1.29, 1.82) is 0 Å². The van der Waals surface area contributed by atoms with Crippen molar-refractivity contribution in [2.45, 2.75) is 0 Å². The van der Waals surface area contributed by atoms with E-state index in [0.29, 0.717) is 16.9 Å². The van der Waals surface area contributed by atoms with Crippen molar-refractivity contribution in [3.05, 3.63) is 30.3 Å². The maximum absolute atomic E-state index is 10.8. The molecule has 0 radical (unpaired) electrons. The van der Waals surface area contributed by atoms with E-state index in [0.717, 1.165) is 0 Å². The monoisotopic (exact) mass is 177 g/mol. The van der Waals surface area contributed by atoms with Gasteiger partial charge in [-0.3, -0.25) is 4.79 Å². The highest BCUT2D eigenvalue weighted by Crippen LogP contribution is 2.22. The van der Waals surface area contributed by atoms with Crippen LogP contribution in [0, 0.1) is 0 Å². The Morgan fingerprint density at radius 3 is 2.46 bits per heavy atom. The minimum Gasteiger partial charge on any atom is -0.399 e. The number of carbonyl (C=O) groups is 1. The zero-order chi connectivity index (χ0) is 10.0. The van der Waals surface area contributed by atoms with E-state index < -0.39 is 5.91 Å². The molecule has 4 heteroatoms. The van der Waals surface area contributed by atoms with E-state index in [1.165, 1.54) is 0 Å². The van der Waals surface area contributed by atoms with Gasteiger partial charge in [0.25, 0.3) is 0 Å². The number of benzene rings is 1. The van der Waals surface area contributed by atoms with Crippen LogP contribution in [0.25, 0.3) is 5.57 Å². The second-order valence-electron chi connectivity index (χ2n) is 2.69. The number of carbonyl (C=O) groups excluding carboxylic acids is 1. The molecule has 1 aromatic carbocycles. The summed E-state index contributed by atoms with van der Waals surface area (Å²) in [6.45, 7) is 3.52. The molecule has 0 aliphatic heterocycles. The number of nitrogen functional groups attached to an aromatic ring is 2. The summed E-state index contributed by atoms with van der Waals surface area (Å²) in [7, 11) is 0. The number of amides is 1. The Labute approximate surface area is 76.0 Å². The van der Waals surface area contributed by atoms with Crippen LogP contribution in [0.1, 0.15) is 5.56 Å². The molecule has 0 saturated carbocycles. The number of hydrogen-bond donors (Lipinski definition) is 3. The molecule has 1 amide bonds. The highest BCUT2D eigenvalue weighted by atomic mass is 16.1. The number of anilines is 2. The molecule has 68 valence electrons. The third-order valence-electron chi connectivity index (χ3n) is 1.70. The number of nitrogens with two attached hydrogens (primary N) is 3. The van der Waals surface area contributed by atoms with Gasteiger partial charge in [-0.05, 0) is 18.2 Å². The molecule has 0 heterocycles. The Kier molecular flexibility index (Phi) is 2.23. The molecular formula is C9H11N3O. The van der Waals surface area contributed by atoms with Gasteiger partial charge in [0.05, 0.1) is 0 Å². The van der Waals surface area contributed by atoms with E-state index in [1.807, 2.05) is 0 Å². The standard InChI is InChI=1S/C9H11N3O/c1-5(9(12)13)7-4-6(10)2-3-8(7)11/h2-4H,1,10-11H2,(H2,12,13). The highest BCUT2D eigenvalue weighted by Gasteiger charge is 2.08. The van der Waals surface area contributed by atoms with Gasteiger partial charge in [0, 0.05) is 22.5 Å². The van der Waals surface area contributed by atoms with Crippen molar-refractivity contribution in [2.24, 2.45) is 5.73 Å². The van der Waals surface area contributed by atoms with Gasteiger partial charge in [-0.2, -0.15) is 0 Å². The third-order valence-corrected chi connectivity index (χ3v) is 1.70. The van der Waals surface area contributed by atoms with Gasteiger partial charge in [0.2, 0.25) is 5.91 Å². The minimum absolute atomic E-state index is 0.171. The third kappa shape index (κ3) is 1.79. The lowest BCUT2D eigenvalue weighted by Crippen LogP contribution is -2.13. The second-order valence-corrected chi connectivity index (χ2v) is 2.69. The highest BCUT2D eigenvalue weighted by molar-refractivity contribution is 6.19. The van der Waals surface area contributed by atoms with Gasteiger partial charge in [0.15, 0.2) is 0 Å². The summed E-state index contributed by atoms with van der Waals surface area (Å²) < 4.78 is 0.